The Labute approximate surface area is 131 Å². The van der Waals surface area contributed by atoms with E-state index in [1.54, 1.807) is 0 Å². The van der Waals surface area contributed by atoms with Crippen molar-refractivity contribution >= 4 is 11.9 Å². The third-order valence-corrected chi connectivity index (χ3v) is 4.36. The number of rotatable bonds is 6. The number of hydrogen-bond acceptors (Lipinski definition) is 3. The maximum atomic E-state index is 12.7. The normalized spacial score (nSPS) is 19.4. The maximum Gasteiger partial charge on any atom is 0.326 e. The van der Waals surface area contributed by atoms with Crippen LogP contribution in [0.5, 0.6) is 0 Å². The van der Waals surface area contributed by atoms with Crippen LogP contribution in [0.25, 0.3) is 0 Å². The summed E-state index contributed by atoms with van der Waals surface area (Å²) >= 11 is 0. The Kier molecular flexibility index (Phi) is 5.55. The number of aliphatic carboxylic acids is 1. The highest BCUT2D eigenvalue weighted by molar-refractivity contribution is 5.87. The molecule has 1 aliphatic rings. The monoisotopic (exact) mass is 304 g/mol. The molecule has 0 aliphatic carbocycles. The van der Waals surface area contributed by atoms with E-state index in [0.717, 1.165) is 18.5 Å². The number of amides is 1. The molecule has 0 radical (unpaired) electrons. The molecule has 1 N–H and O–H groups in total. The molecule has 1 aromatic carbocycles. The largest absolute Gasteiger partial charge is 0.480 e. The van der Waals surface area contributed by atoms with Crippen molar-refractivity contribution in [2.24, 2.45) is 0 Å². The number of benzene rings is 1. The average molecular weight is 304 g/mol. The molecule has 0 saturated carbocycles. The van der Waals surface area contributed by atoms with Gasteiger partial charge in [0.1, 0.15) is 6.04 Å². The zero-order chi connectivity index (χ0) is 16.1. The van der Waals surface area contributed by atoms with Crippen molar-refractivity contribution in [2.45, 2.75) is 45.3 Å². The topological polar surface area (TPSA) is 60.9 Å². The molecule has 1 aliphatic heterocycles. The van der Waals surface area contributed by atoms with E-state index in [1.165, 1.54) is 4.90 Å². The van der Waals surface area contributed by atoms with E-state index in [2.05, 4.69) is 4.90 Å². The molecular formula is C17H24N2O3. The minimum absolute atomic E-state index is 0.0809. The first-order valence-electron chi connectivity index (χ1n) is 7.85. The molecule has 0 spiro atoms. The van der Waals surface area contributed by atoms with Crippen LogP contribution in [0, 0.1) is 0 Å². The summed E-state index contributed by atoms with van der Waals surface area (Å²) in [6.07, 6.45) is 1.32. The molecule has 2 rings (SSSR count). The molecule has 22 heavy (non-hydrogen) atoms. The molecule has 5 heteroatoms. The zero-order valence-corrected chi connectivity index (χ0v) is 13.2. The summed E-state index contributed by atoms with van der Waals surface area (Å²) in [5, 5.41) is 9.24. The third-order valence-electron chi connectivity index (χ3n) is 4.36. The van der Waals surface area contributed by atoms with Crippen LogP contribution >= 0.6 is 0 Å². The van der Waals surface area contributed by atoms with Gasteiger partial charge in [-0.05, 0) is 31.9 Å². The van der Waals surface area contributed by atoms with Gasteiger partial charge in [-0.3, -0.25) is 9.69 Å². The van der Waals surface area contributed by atoms with Crippen LogP contribution in [0.1, 0.15) is 32.3 Å². The second-order valence-corrected chi connectivity index (χ2v) is 5.75. The Morgan fingerprint density at radius 3 is 2.64 bits per heavy atom. The summed E-state index contributed by atoms with van der Waals surface area (Å²) < 4.78 is 0. The minimum Gasteiger partial charge on any atom is -0.480 e. The van der Waals surface area contributed by atoms with Crippen LogP contribution in [-0.2, 0) is 16.1 Å². The number of carboxylic acids is 1. The van der Waals surface area contributed by atoms with Gasteiger partial charge in [-0.1, -0.05) is 37.3 Å². The molecule has 1 saturated heterocycles. The highest BCUT2D eigenvalue weighted by Gasteiger charge is 2.37. The second-order valence-electron chi connectivity index (χ2n) is 5.75. The second kappa shape index (κ2) is 7.40. The molecule has 2 atom stereocenters. The summed E-state index contributed by atoms with van der Waals surface area (Å²) in [5.74, 6) is -0.980. The third kappa shape index (κ3) is 3.65. The Balaban J connectivity index is 2.05. The van der Waals surface area contributed by atoms with E-state index < -0.39 is 12.0 Å². The lowest BCUT2D eigenvalue weighted by molar-refractivity contribution is -0.150. The van der Waals surface area contributed by atoms with E-state index in [-0.39, 0.29) is 11.9 Å². The van der Waals surface area contributed by atoms with E-state index in [1.807, 2.05) is 44.2 Å². The van der Waals surface area contributed by atoms with Crippen molar-refractivity contribution in [3.63, 3.8) is 0 Å². The first kappa shape index (κ1) is 16.5. The van der Waals surface area contributed by atoms with Crippen molar-refractivity contribution in [1.82, 2.24) is 9.80 Å². The Morgan fingerprint density at radius 2 is 2.05 bits per heavy atom. The van der Waals surface area contributed by atoms with Gasteiger partial charge in [0.2, 0.25) is 5.91 Å². The lowest BCUT2D eigenvalue weighted by Gasteiger charge is -2.32. The fourth-order valence-corrected chi connectivity index (χ4v) is 3.02. The Morgan fingerprint density at radius 1 is 1.36 bits per heavy atom. The van der Waals surface area contributed by atoms with Gasteiger partial charge >= 0.3 is 5.97 Å². The van der Waals surface area contributed by atoms with Crippen LogP contribution in [0.3, 0.4) is 0 Å². The van der Waals surface area contributed by atoms with Crippen molar-refractivity contribution in [3.05, 3.63) is 35.9 Å². The first-order valence-corrected chi connectivity index (χ1v) is 7.85. The zero-order valence-electron chi connectivity index (χ0n) is 13.2. The highest BCUT2D eigenvalue weighted by atomic mass is 16.4. The number of carbonyl (C=O) groups excluding carboxylic acids is 1. The maximum absolute atomic E-state index is 12.7. The average Bonchev–Trinajstić information content (AvgIpc) is 3.02. The van der Waals surface area contributed by atoms with Crippen molar-refractivity contribution in [2.75, 3.05) is 13.1 Å². The van der Waals surface area contributed by atoms with Crippen LogP contribution in [0.2, 0.25) is 0 Å². The van der Waals surface area contributed by atoms with Crippen molar-refractivity contribution in [3.8, 4) is 0 Å². The van der Waals surface area contributed by atoms with Gasteiger partial charge in [0.15, 0.2) is 0 Å². The molecule has 1 heterocycles. The smallest absolute Gasteiger partial charge is 0.326 e. The van der Waals surface area contributed by atoms with Crippen LogP contribution in [0.15, 0.2) is 30.3 Å². The lowest BCUT2D eigenvalue weighted by atomic mass is 10.1. The van der Waals surface area contributed by atoms with Gasteiger partial charge in [0, 0.05) is 13.1 Å². The highest BCUT2D eigenvalue weighted by Crippen LogP contribution is 2.20. The van der Waals surface area contributed by atoms with Gasteiger partial charge < -0.3 is 10.0 Å². The fraction of sp³-hybridized carbons (Fsp3) is 0.529. The molecule has 1 aromatic rings. The molecule has 2 unspecified atom stereocenters. The SMILES string of the molecule is CCN(Cc1ccccc1)C(C)C(=O)N1CCCC1C(=O)O. The summed E-state index contributed by atoms with van der Waals surface area (Å²) in [6, 6.07) is 9.03. The predicted molar refractivity (Wildman–Crippen MR) is 84.4 cm³/mol. The quantitative estimate of drug-likeness (QED) is 0.873. The van der Waals surface area contributed by atoms with Crippen LogP contribution in [0.4, 0.5) is 0 Å². The van der Waals surface area contributed by atoms with Crippen LogP contribution in [-0.4, -0.2) is 52.0 Å². The van der Waals surface area contributed by atoms with Crippen LogP contribution < -0.4 is 0 Å². The number of carbonyl (C=O) groups is 2. The van der Waals surface area contributed by atoms with E-state index in [4.69, 9.17) is 0 Å². The minimum atomic E-state index is -0.899. The predicted octanol–water partition coefficient (Wildman–Crippen LogP) is 1.97. The van der Waals surface area contributed by atoms with E-state index in [0.29, 0.717) is 19.5 Å². The first-order chi connectivity index (χ1) is 10.5. The lowest BCUT2D eigenvalue weighted by Crippen LogP contribution is -2.50. The van der Waals surface area contributed by atoms with E-state index in [9.17, 15) is 14.7 Å². The number of nitrogens with zero attached hydrogens (tertiary/aromatic N) is 2. The van der Waals surface area contributed by atoms with Crippen molar-refractivity contribution < 1.29 is 14.7 Å². The summed E-state index contributed by atoms with van der Waals surface area (Å²) in [4.78, 5) is 27.5. The van der Waals surface area contributed by atoms with Crippen molar-refractivity contribution in [1.29, 1.82) is 0 Å². The standard InChI is InChI=1S/C17H24N2O3/c1-3-18(12-14-8-5-4-6-9-14)13(2)16(20)19-11-7-10-15(19)17(21)22/h4-6,8-9,13,15H,3,7,10-12H2,1-2H3,(H,21,22). The Hall–Kier alpha value is -1.88. The van der Waals surface area contributed by atoms with E-state index >= 15 is 0 Å². The van der Waals surface area contributed by atoms with Gasteiger partial charge in [-0.25, -0.2) is 4.79 Å². The summed E-state index contributed by atoms with van der Waals surface area (Å²) in [5.41, 5.74) is 1.15. The Bertz CT molecular complexity index is 518. The molecule has 0 aromatic heterocycles. The number of hydrogen-bond donors (Lipinski definition) is 1. The number of likely N-dealkylation sites (tertiary alicyclic amines) is 1. The molecule has 5 nitrogen and oxygen atoms in total. The number of carboxylic acid groups (broad SMARTS) is 1. The molecule has 1 amide bonds. The van der Waals surface area contributed by atoms with Gasteiger partial charge in [-0.15, -0.1) is 0 Å². The van der Waals surface area contributed by atoms with Gasteiger partial charge in [0.25, 0.3) is 0 Å². The number of likely N-dealkylation sites (N-methyl/N-ethyl adjacent to an activating group) is 1. The fourth-order valence-electron chi connectivity index (χ4n) is 3.02. The van der Waals surface area contributed by atoms with Gasteiger partial charge in [0.05, 0.1) is 6.04 Å². The summed E-state index contributed by atoms with van der Waals surface area (Å²) in [7, 11) is 0. The molecule has 0 bridgehead atoms. The summed E-state index contributed by atoms with van der Waals surface area (Å²) in [6.45, 7) is 5.86. The molecular weight excluding hydrogens is 280 g/mol. The molecule has 1 fully saturated rings. The molecule has 120 valence electrons. The van der Waals surface area contributed by atoms with Gasteiger partial charge in [-0.2, -0.15) is 0 Å².